The molecule has 0 atom stereocenters. The van der Waals surface area contributed by atoms with Crippen molar-refractivity contribution in [3.63, 3.8) is 0 Å². The summed E-state index contributed by atoms with van der Waals surface area (Å²) in [6, 6.07) is 0. The van der Waals surface area contributed by atoms with Gasteiger partial charge in [-0.1, -0.05) is 0 Å². The molecule has 0 aliphatic rings. The van der Waals surface area contributed by atoms with Crippen molar-refractivity contribution in [3.05, 3.63) is 0 Å². The Labute approximate surface area is 103 Å². The molecule has 0 aromatic carbocycles. The van der Waals surface area contributed by atoms with Crippen LogP contribution in [0.2, 0.25) is 0 Å². The standard InChI is InChI=1S/C7H13NO4.2H3N.Pt/c1-8(2)4-3-5(6(9)10)7(11)12;;;/h5H,3-4H2,1-2H3,(H,9,10)(H,11,12);2*1H3;/q;;;+2/p+2. The molecule has 7 nitrogen and oxygen atoms in total. The van der Waals surface area contributed by atoms with Gasteiger partial charge in [-0.05, 0) is 27.1 Å². The number of aliphatic carboxylic acids is 2. The number of hydrogen-bond acceptors (Lipinski definition) is 3. The summed E-state index contributed by atoms with van der Waals surface area (Å²) in [5.41, 5.74) is 0. The van der Waals surface area contributed by atoms with Crippen LogP contribution in [0.25, 0.3) is 0 Å². The minimum atomic E-state index is -1.28. The van der Waals surface area contributed by atoms with Crippen molar-refractivity contribution < 1.29 is 40.9 Å². The van der Waals surface area contributed by atoms with Gasteiger partial charge in [-0.25, -0.2) is 0 Å². The van der Waals surface area contributed by atoms with Gasteiger partial charge in [-0.15, -0.1) is 0 Å². The van der Waals surface area contributed by atoms with E-state index >= 15 is 0 Å². The van der Waals surface area contributed by atoms with Crippen molar-refractivity contribution in [1.29, 1.82) is 0 Å². The Hall–Kier alpha value is -0.492. The summed E-state index contributed by atoms with van der Waals surface area (Å²) in [5.74, 6) is -3.83. The second-order valence-electron chi connectivity index (χ2n) is 2.82. The Morgan fingerprint density at radius 1 is 1.13 bits per heavy atom. The van der Waals surface area contributed by atoms with Gasteiger partial charge in [0.05, 0.1) is 0 Å². The Balaban J connectivity index is -0.000000202. The van der Waals surface area contributed by atoms with Gasteiger partial charge >= 0.3 is 33.0 Å². The second kappa shape index (κ2) is 11.6. The number of hydrogen-bond donors (Lipinski definition) is 4. The first-order valence-corrected chi connectivity index (χ1v) is 3.55. The van der Waals surface area contributed by atoms with Gasteiger partial charge in [-0.2, -0.15) is 0 Å². The maximum atomic E-state index is 10.4. The summed E-state index contributed by atoms with van der Waals surface area (Å²) in [6.45, 7) is 0.462. The van der Waals surface area contributed by atoms with E-state index < -0.39 is 17.9 Å². The fourth-order valence-corrected chi connectivity index (χ4v) is 0.740. The molecular formula is C7H21N3O4Pt+4. The van der Waals surface area contributed by atoms with E-state index in [0.717, 1.165) is 0 Å². The number of carbonyl (C=O) groups is 2. The van der Waals surface area contributed by atoms with Gasteiger partial charge in [0.2, 0.25) is 0 Å². The van der Waals surface area contributed by atoms with Gasteiger partial charge < -0.3 is 27.4 Å². The molecule has 0 aliphatic heterocycles. The minimum absolute atomic E-state index is 0. The Morgan fingerprint density at radius 2 is 1.47 bits per heavy atom. The molecular weight excluding hydrogens is 385 g/mol. The van der Waals surface area contributed by atoms with Crippen LogP contribution in [0.5, 0.6) is 0 Å². The van der Waals surface area contributed by atoms with Gasteiger partial charge in [-0.3, -0.25) is 9.59 Å². The molecule has 0 saturated carbocycles. The molecule has 0 fully saturated rings. The van der Waals surface area contributed by atoms with Crippen molar-refractivity contribution in [2.45, 2.75) is 6.42 Å². The van der Waals surface area contributed by atoms with Crippen LogP contribution in [0.1, 0.15) is 6.42 Å². The molecule has 0 radical (unpaired) electrons. The predicted octanol–water partition coefficient (Wildman–Crippen LogP) is 0.473. The van der Waals surface area contributed by atoms with Crippen LogP contribution in [-0.2, 0) is 30.7 Å². The Bertz CT molecular complexity index is 175. The molecule has 0 amide bonds. The molecule has 0 rings (SSSR count). The van der Waals surface area contributed by atoms with Crippen molar-refractivity contribution in [2.24, 2.45) is 5.92 Å². The molecule has 0 unspecified atom stereocenters. The first-order valence-electron chi connectivity index (χ1n) is 3.55. The average Bonchev–Trinajstić information content (AvgIpc) is 1.84. The summed E-state index contributed by atoms with van der Waals surface area (Å²) in [4.78, 5) is 22.5. The maximum Gasteiger partial charge on any atom is 2.00 e. The molecule has 0 aromatic heterocycles. The second-order valence-corrected chi connectivity index (χ2v) is 2.82. The van der Waals surface area contributed by atoms with E-state index in [1.165, 1.54) is 0 Å². The number of quaternary nitrogens is 2. The zero-order chi connectivity index (χ0) is 9.72. The summed E-state index contributed by atoms with van der Waals surface area (Å²) in [7, 11) is 3.53. The zero-order valence-corrected chi connectivity index (χ0v) is 11.7. The summed E-state index contributed by atoms with van der Waals surface area (Å²) in [5, 5.41) is 16.9. The molecule has 0 aliphatic carbocycles. The number of carboxylic acids is 2. The monoisotopic (exact) mass is 406 g/mol. The minimum Gasteiger partial charge on any atom is -0.481 e. The molecule has 0 aromatic rings. The van der Waals surface area contributed by atoms with E-state index in [1.54, 1.807) is 19.0 Å². The van der Waals surface area contributed by atoms with Crippen LogP contribution in [0, 0.1) is 5.92 Å². The average molecular weight is 406 g/mol. The van der Waals surface area contributed by atoms with Crippen LogP contribution in [-0.4, -0.2) is 47.7 Å². The molecule has 0 heterocycles. The van der Waals surface area contributed by atoms with E-state index in [1.807, 2.05) is 0 Å². The first-order chi connectivity index (χ1) is 5.45. The summed E-state index contributed by atoms with van der Waals surface area (Å²) >= 11 is 0. The third-order valence-corrected chi connectivity index (χ3v) is 1.46. The van der Waals surface area contributed by atoms with Gasteiger partial charge in [0.1, 0.15) is 0 Å². The smallest absolute Gasteiger partial charge is 0.481 e. The topological polar surface area (TPSA) is 151 Å². The van der Waals surface area contributed by atoms with E-state index in [-0.39, 0.29) is 39.8 Å². The summed E-state index contributed by atoms with van der Waals surface area (Å²) < 4.78 is 0. The van der Waals surface area contributed by atoms with Crippen LogP contribution in [0.3, 0.4) is 0 Å². The van der Waals surface area contributed by atoms with E-state index in [0.29, 0.717) is 6.54 Å². The van der Waals surface area contributed by atoms with Gasteiger partial charge in [0, 0.05) is 0 Å². The third-order valence-electron chi connectivity index (χ3n) is 1.46. The molecule has 0 spiro atoms. The van der Waals surface area contributed by atoms with Crippen LogP contribution < -0.4 is 12.3 Å². The molecule has 94 valence electrons. The van der Waals surface area contributed by atoms with E-state index in [2.05, 4.69) is 0 Å². The molecule has 10 N–H and O–H groups in total. The number of rotatable bonds is 5. The SMILES string of the molecule is CN(C)CCC(C(=O)O)C(=O)O.[NH4+].[NH4+].[Pt+2]. The van der Waals surface area contributed by atoms with Gasteiger partial charge in [0.25, 0.3) is 0 Å². The first kappa shape index (κ1) is 24.0. The number of carboxylic acid groups (broad SMARTS) is 2. The zero-order valence-electron chi connectivity index (χ0n) is 9.47. The maximum absolute atomic E-state index is 10.4. The van der Waals surface area contributed by atoms with Crippen molar-refractivity contribution in [3.8, 4) is 0 Å². The number of nitrogens with zero attached hydrogens (tertiary/aromatic N) is 1. The van der Waals surface area contributed by atoms with Crippen LogP contribution >= 0.6 is 0 Å². The normalized spacial score (nSPS) is 8.53. The molecule has 0 bridgehead atoms. The predicted molar refractivity (Wildman–Crippen MR) is 53.9 cm³/mol. The fraction of sp³-hybridized carbons (Fsp3) is 0.714. The molecule has 15 heavy (non-hydrogen) atoms. The third kappa shape index (κ3) is 11.4. The van der Waals surface area contributed by atoms with Crippen molar-refractivity contribution in [1.82, 2.24) is 17.2 Å². The van der Waals surface area contributed by atoms with E-state index in [4.69, 9.17) is 10.2 Å². The summed E-state index contributed by atoms with van der Waals surface area (Å²) in [6.07, 6.45) is 0.137. The molecule has 8 heteroatoms. The largest absolute Gasteiger partial charge is 2.00 e. The van der Waals surface area contributed by atoms with Gasteiger partial charge in [0.15, 0.2) is 5.92 Å². The van der Waals surface area contributed by atoms with Crippen molar-refractivity contribution in [2.75, 3.05) is 20.6 Å². The molecule has 0 saturated heterocycles. The Kier molecular flexibility index (Phi) is 18.5. The Morgan fingerprint density at radius 3 is 1.67 bits per heavy atom. The fourth-order valence-electron chi connectivity index (χ4n) is 0.740. The van der Waals surface area contributed by atoms with Crippen LogP contribution in [0.4, 0.5) is 0 Å². The quantitative estimate of drug-likeness (QED) is 0.490. The van der Waals surface area contributed by atoms with E-state index in [9.17, 15) is 9.59 Å². The van der Waals surface area contributed by atoms with Crippen molar-refractivity contribution >= 4 is 11.9 Å². The van der Waals surface area contributed by atoms with Crippen LogP contribution in [0.15, 0.2) is 0 Å².